The van der Waals surface area contributed by atoms with E-state index in [2.05, 4.69) is 29.2 Å². The lowest BCUT2D eigenvalue weighted by molar-refractivity contribution is 0.0891. The molecule has 1 fully saturated rings. The Balaban J connectivity index is 1.92. The minimum Gasteiger partial charge on any atom is -0.351 e. The van der Waals surface area contributed by atoms with Gasteiger partial charge in [-0.3, -0.25) is 9.59 Å². The molecule has 1 aliphatic rings. The Kier molecular flexibility index (Phi) is 4.04. The Morgan fingerprint density at radius 2 is 2.16 bits per heavy atom. The fraction of sp³-hybridized carbons (Fsp3) is 0.571. The molecule has 0 aliphatic carbocycles. The molecule has 0 radical (unpaired) electrons. The van der Waals surface area contributed by atoms with E-state index in [4.69, 9.17) is 0 Å². The Morgan fingerprint density at radius 1 is 1.47 bits per heavy atom. The van der Waals surface area contributed by atoms with Crippen molar-refractivity contribution in [2.24, 2.45) is 5.41 Å². The molecule has 104 valence electrons. The first kappa shape index (κ1) is 13.8. The van der Waals surface area contributed by atoms with Crippen molar-refractivity contribution in [1.29, 1.82) is 0 Å². The quantitative estimate of drug-likeness (QED) is 0.849. The zero-order valence-electron chi connectivity index (χ0n) is 11.5. The number of carbonyl (C=O) groups is 1. The zero-order chi connectivity index (χ0) is 13.9. The Labute approximate surface area is 113 Å². The van der Waals surface area contributed by atoms with Gasteiger partial charge in [0.1, 0.15) is 0 Å². The summed E-state index contributed by atoms with van der Waals surface area (Å²) in [6.45, 7) is 5.00. The van der Waals surface area contributed by atoms with Crippen molar-refractivity contribution in [1.82, 2.24) is 15.2 Å². The van der Waals surface area contributed by atoms with Crippen LogP contribution in [0.25, 0.3) is 0 Å². The molecule has 0 bridgehead atoms. The minimum atomic E-state index is -0.252. The summed E-state index contributed by atoms with van der Waals surface area (Å²) in [6.07, 6.45) is 3.66. The number of carbonyl (C=O) groups excluding carboxylic acids is 1. The average Bonchev–Trinajstić information content (AvgIpc) is 2.40. The Morgan fingerprint density at radius 3 is 2.79 bits per heavy atom. The molecule has 1 saturated heterocycles. The van der Waals surface area contributed by atoms with Crippen molar-refractivity contribution in [3.05, 3.63) is 34.2 Å². The van der Waals surface area contributed by atoms with Crippen LogP contribution in [0.15, 0.2) is 23.1 Å². The van der Waals surface area contributed by atoms with Crippen molar-refractivity contribution < 1.29 is 4.79 Å². The number of nitrogens with zero attached hydrogens (tertiary/aromatic N) is 1. The van der Waals surface area contributed by atoms with E-state index in [0.29, 0.717) is 12.1 Å². The van der Waals surface area contributed by atoms with E-state index in [1.54, 1.807) is 6.07 Å². The number of likely N-dealkylation sites (tertiary alicyclic amines) is 1. The van der Waals surface area contributed by atoms with Gasteiger partial charge in [-0.15, -0.1) is 0 Å². The lowest BCUT2D eigenvalue weighted by atomic mass is 9.80. The second-order valence-electron chi connectivity index (χ2n) is 5.74. The lowest BCUT2D eigenvalue weighted by Gasteiger charge is -2.37. The third-order valence-corrected chi connectivity index (χ3v) is 3.91. The van der Waals surface area contributed by atoms with Crippen molar-refractivity contribution >= 4 is 5.91 Å². The molecule has 0 atom stereocenters. The number of pyridine rings is 1. The maximum Gasteiger partial charge on any atom is 0.251 e. The second-order valence-corrected chi connectivity index (χ2v) is 5.74. The molecule has 1 aromatic rings. The zero-order valence-corrected chi connectivity index (χ0v) is 11.5. The van der Waals surface area contributed by atoms with E-state index < -0.39 is 0 Å². The van der Waals surface area contributed by atoms with Gasteiger partial charge in [0.05, 0.1) is 0 Å². The molecule has 1 aromatic heterocycles. The fourth-order valence-electron chi connectivity index (χ4n) is 2.32. The normalized spacial score (nSPS) is 19.1. The molecule has 1 amide bonds. The topological polar surface area (TPSA) is 65.2 Å². The predicted molar refractivity (Wildman–Crippen MR) is 74.2 cm³/mol. The average molecular weight is 263 g/mol. The molecule has 0 unspecified atom stereocenters. The van der Waals surface area contributed by atoms with Gasteiger partial charge in [0.15, 0.2) is 0 Å². The van der Waals surface area contributed by atoms with E-state index in [-0.39, 0.29) is 16.9 Å². The number of hydrogen-bond donors (Lipinski definition) is 2. The van der Waals surface area contributed by atoms with Gasteiger partial charge in [-0.05, 0) is 44.5 Å². The van der Waals surface area contributed by atoms with Crippen LogP contribution in [0.4, 0.5) is 0 Å². The summed E-state index contributed by atoms with van der Waals surface area (Å²) in [4.78, 5) is 27.9. The minimum absolute atomic E-state index is 0.156. The van der Waals surface area contributed by atoms with E-state index in [1.165, 1.54) is 12.3 Å². The van der Waals surface area contributed by atoms with Crippen molar-refractivity contribution in [3.63, 3.8) is 0 Å². The van der Waals surface area contributed by atoms with Crippen LogP contribution < -0.4 is 10.9 Å². The molecular weight excluding hydrogens is 242 g/mol. The Hall–Kier alpha value is -1.62. The highest BCUT2D eigenvalue weighted by Crippen LogP contribution is 2.29. The Bertz CT molecular complexity index is 501. The van der Waals surface area contributed by atoms with Gasteiger partial charge in [-0.25, -0.2) is 0 Å². The SMILES string of the molecule is CN1CCC(C)(CNC(=O)c2cc[nH]c(=O)c2)CC1. The molecule has 2 heterocycles. The smallest absolute Gasteiger partial charge is 0.251 e. The van der Waals surface area contributed by atoms with E-state index in [1.807, 2.05) is 0 Å². The van der Waals surface area contributed by atoms with Crippen LogP contribution in [0.1, 0.15) is 30.1 Å². The van der Waals surface area contributed by atoms with Crippen LogP contribution in [0.5, 0.6) is 0 Å². The predicted octanol–water partition coefficient (Wildman–Crippen LogP) is 0.837. The third-order valence-electron chi connectivity index (χ3n) is 3.91. The van der Waals surface area contributed by atoms with Gasteiger partial charge < -0.3 is 15.2 Å². The van der Waals surface area contributed by atoms with Gasteiger partial charge in [-0.1, -0.05) is 6.92 Å². The highest BCUT2D eigenvalue weighted by molar-refractivity contribution is 5.93. The number of aromatic amines is 1. The molecular formula is C14H21N3O2. The summed E-state index contributed by atoms with van der Waals surface area (Å²) < 4.78 is 0. The molecule has 19 heavy (non-hydrogen) atoms. The highest BCUT2D eigenvalue weighted by Gasteiger charge is 2.29. The number of amides is 1. The first-order chi connectivity index (χ1) is 8.98. The van der Waals surface area contributed by atoms with Crippen LogP contribution in [-0.2, 0) is 0 Å². The number of piperidine rings is 1. The molecule has 0 aromatic carbocycles. The standard InChI is InChI=1S/C14H21N3O2/c1-14(4-7-17(2)8-5-14)10-16-13(19)11-3-6-15-12(18)9-11/h3,6,9H,4-5,7-8,10H2,1-2H3,(H,15,18)(H,16,19). The van der Waals surface area contributed by atoms with Gasteiger partial charge in [0.2, 0.25) is 5.56 Å². The van der Waals surface area contributed by atoms with Crippen LogP contribution in [0.3, 0.4) is 0 Å². The lowest BCUT2D eigenvalue weighted by Crippen LogP contribution is -2.43. The number of nitrogens with one attached hydrogen (secondary N) is 2. The van der Waals surface area contributed by atoms with Gasteiger partial charge in [0, 0.05) is 24.4 Å². The van der Waals surface area contributed by atoms with Gasteiger partial charge in [0.25, 0.3) is 5.91 Å². The van der Waals surface area contributed by atoms with Crippen LogP contribution in [0, 0.1) is 5.41 Å². The third kappa shape index (κ3) is 3.67. The summed E-state index contributed by atoms with van der Waals surface area (Å²) >= 11 is 0. The van der Waals surface area contributed by atoms with E-state index >= 15 is 0 Å². The van der Waals surface area contributed by atoms with Gasteiger partial charge >= 0.3 is 0 Å². The molecule has 2 N–H and O–H groups in total. The first-order valence-electron chi connectivity index (χ1n) is 6.64. The number of hydrogen-bond acceptors (Lipinski definition) is 3. The number of aromatic nitrogens is 1. The van der Waals surface area contributed by atoms with Crippen LogP contribution >= 0.6 is 0 Å². The van der Waals surface area contributed by atoms with E-state index in [9.17, 15) is 9.59 Å². The number of rotatable bonds is 3. The molecule has 0 spiro atoms. The summed E-state index contributed by atoms with van der Waals surface area (Å²) in [5.41, 5.74) is 0.321. The van der Waals surface area contributed by atoms with Gasteiger partial charge in [-0.2, -0.15) is 0 Å². The van der Waals surface area contributed by atoms with Crippen molar-refractivity contribution in [2.75, 3.05) is 26.7 Å². The summed E-state index contributed by atoms with van der Waals surface area (Å²) in [5, 5.41) is 2.94. The van der Waals surface area contributed by atoms with Crippen molar-refractivity contribution in [2.45, 2.75) is 19.8 Å². The molecule has 2 rings (SSSR count). The summed E-state index contributed by atoms with van der Waals surface area (Å²) in [6, 6.07) is 2.94. The number of H-pyrrole nitrogens is 1. The maximum atomic E-state index is 12.0. The fourth-order valence-corrected chi connectivity index (χ4v) is 2.32. The molecule has 1 aliphatic heterocycles. The summed E-state index contributed by atoms with van der Waals surface area (Å²) in [7, 11) is 2.12. The molecule has 0 saturated carbocycles. The highest BCUT2D eigenvalue weighted by atomic mass is 16.2. The van der Waals surface area contributed by atoms with Crippen LogP contribution in [0.2, 0.25) is 0 Å². The first-order valence-corrected chi connectivity index (χ1v) is 6.64. The molecule has 5 heteroatoms. The summed E-state index contributed by atoms with van der Waals surface area (Å²) in [5.74, 6) is -0.175. The maximum absolute atomic E-state index is 12.0. The largest absolute Gasteiger partial charge is 0.351 e. The van der Waals surface area contributed by atoms with E-state index in [0.717, 1.165) is 25.9 Å². The van der Waals surface area contributed by atoms with Crippen LogP contribution in [-0.4, -0.2) is 42.5 Å². The second kappa shape index (κ2) is 5.57. The molecule has 5 nitrogen and oxygen atoms in total. The van der Waals surface area contributed by atoms with Crippen molar-refractivity contribution in [3.8, 4) is 0 Å². The monoisotopic (exact) mass is 263 g/mol.